The molecular formula is C15H17FN2O2. The number of carbonyl (C=O) groups is 1. The maximum absolute atomic E-state index is 12.7. The Kier molecular flexibility index (Phi) is 4.97. The standard InChI is InChI=1S/C15H17FN2O2/c1-2-3-9-18-10-8-14(11-18)20-15(19)17-13-6-4-12(16)5-7-13/h4-7,14H,8-11H2,1H3,(H,17,19). The van der Waals surface area contributed by atoms with Crippen molar-refractivity contribution < 1.29 is 13.9 Å². The van der Waals surface area contributed by atoms with Gasteiger partial charge in [-0.25, -0.2) is 9.18 Å². The lowest BCUT2D eigenvalue weighted by molar-refractivity contribution is 0.115. The van der Waals surface area contributed by atoms with E-state index < -0.39 is 6.09 Å². The van der Waals surface area contributed by atoms with Gasteiger partial charge < -0.3 is 4.74 Å². The van der Waals surface area contributed by atoms with Crippen LogP contribution in [-0.4, -0.2) is 36.7 Å². The van der Waals surface area contributed by atoms with E-state index in [1.807, 2.05) is 0 Å². The van der Waals surface area contributed by atoms with Crippen molar-refractivity contribution in [2.45, 2.75) is 19.4 Å². The molecule has 1 aliphatic heterocycles. The molecule has 106 valence electrons. The Labute approximate surface area is 117 Å². The molecule has 1 fully saturated rings. The van der Waals surface area contributed by atoms with E-state index in [0.717, 1.165) is 13.0 Å². The highest BCUT2D eigenvalue weighted by atomic mass is 19.1. The van der Waals surface area contributed by atoms with Gasteiger partial charge in [0.25, 0.3) is 0 Å². The summed E-state index contributed by atoms with van der Waals surface area (Å²) in [6.07, 6.45) is 0.182. The van der Waals surface area contributed by atoms with E-state index in [4.69, 9.17) is 4.74 Å². The van der Waals surface area contributed by atoms with E-state index >= 15 is 0 Å². The molecule has 0 bridgehead atoms. The number of carbonyl (C=O) groups excluding carboxylic acids is 1. The van der Waals surface area contributed by atoms with Crippen LogP contribution >= 0.6 is 0 Å². The number of likely N-dealkylation sites (tertiary alicyclic amines) is 1. The summed E-state index contributed by atoms with van der Waals surface area (Å²) in [5.74, 6) is 5.50. The largest absolute Gasteiger partial charge is 0.445 e. The van der Waals surface area contributed by atoms with E-state index in [2.05, 4.69) is 22.1 Å². The van der Waals surface area contributed by atoms with Gasteiger partial charge in [-0.2, -0.15) is 0 Å². The second-order valence-electron chi connectivity index (χ2n) is 4.61. The van der Waals surface area contributed by atoms with Crippen molar-refractivity contribution in [2.24, 2.45) is 0 Å². The molecule has 1 amide bonds. The number of anilines is 1. The molecule has 0 saturated carbocycles. The number of nitrogens with one attached hydrogen (secondary N) is 1. The Bertz CT molecular complexity index is 519. The molecule has 0 spiro atoms. The fraction of sp³-hybridized carbons (Fsp3) is 0.400. The molecule has 0 aromatic heterocycles. The number of ether oxygens (including phenoxy) is 1. The van der Waals surface area contributed by atoms with Crippen LogP contribution < -0.4 is 5.32 Å². The monoisotopic (exact) mass is 276 g/mol. The first-order chi connectivity index (χ1) is 9.67. The number of nitrogens with zero attached hydrogens (tertiary/aromatic N) is 1. The molecule has 5 heteroatoms. The smallest absolute Gasteiger partial charge is 0.411 e. The van der Waals surface area contributed by atoms with Crippen LogP contribution in [0, 0.1) is 17.7 Å². The van der Waals surface area contributed by atoms with E-state index in [1.54, 1.807) is 6.92 Å². The zero-order valence-electron chi connectivity index (χ0n) is 11.4. The molecule has 0 radical (unpaired) electrons. The Morgan fingerprint density at radius 3 is 2.95 bits per heavy atom. The molecule has 1 N–H and O–H groups in total. The molecule has 1 aliphatic rings. The highest BCUT2D eigenvalue weighted by Crippen LogP contribution is 2.14. The Hall–Kier alpha value is -2.06. The van der Waals surface area contributed by atoms with Crippen LogP contribution in [0.2, 0.25) is 0 Å². The van der Waals surface area contributed by atoms with Gasteiger partial charge in [0.1, 0.15) is 11.9 Å². The summed E-state index contributed by atoms with van der Waals surface area (Å²) in [6.45, 7) is 4.09. The molecule has 4 nitrogen and oxygen atoms in total. The second-order valence-corrected chi connectivity index (χ2v) is 4.61. The maximum Gasteiger partial charge on any atom is 0.411 e. The average Bonchev–Trinajstić information content (AvgIpc) is 2.86. The van der Waals surface area contributed by atoms with Gasteiger partial charge in [-0.15, -0.1) is 5.92 Å². The van der Waals surface area contributed by atoms with Gasteiger partial charge in [-0.05, 0) is 37.6 Å². The quantitative estimate of drug-likeness (QED) is 0.862. The van der Waals surface area contributed by atoms with E-state index in [-0.39, 0.29) is 11.9 Å². The van der Waals surface area contributed by atoms with Crippen LogP contribution in [0.15, 0.2) is 24.3 Å². The zero-order chi connectivity index (χ0) is 14.4. The van der Waals surface area contributed by atoms with Crippen molar-refractivity contribution in [2.75, 3.05) is 25.0 Å². The summed E-state index contributed by atoms with van der Waals surface area (Å²) in [7, 11) is 0. The van der Waals surface area contributed by atoms with Crippen molar-refractivity contribution in [3.05, 3.63) is 30.1 Å². The molecule has 20 heavy (non-hydrogen) atoms. The summed E-state index contributed by atoms with van der Waals surface area (Å²) in [4.78, 5) is 13.8. The van der Waals surface area contributed by atoms with Crippen molar-refractivity contribution in [3.63, 3.8) is 0 Å². The minimum Gasteiger partial charge on any atom is -0.445 e. The van der Waals surface area contributed by atoms with Gasteiger partial charge in [0, 0.05) is 18.8 Å². The summed E-state index contributed by atoms with van der Waals surface area (Å²) >= 11 is 0. The van der Waals surface area contributed by atoms with Crippen LogP contribution in [0.5, 0.6) is 0 Å². The van der Waals surface area contributed by atoms with E-state index in [1.165, 1.54) is 24.3 Å². The van der Waals surface area contributed by atoms with Gasteiger partial charge >= 0.3 is 6.09 Å². The third kappa shape index (κ3) is 4.25. The number of hydrogen-bond donors (Lipinski definition) is 1. The zero-order valence-corrected chi connectivity index (χ0v) is 11.4. The molecule has 1 aromatic carbocycles. The van der Waals surface area contributed by atoms with Crippen molar-refractivity contribution in [1.82, 2.24) is 4.90 Å². The predicted octanol–water partition coefficient (Wildman–Crippen LogP) is 2.47. The van der Waals surface area contributed by atoms with Crippen molar-refractivity contribution in [3.8, 4) is 11.8 Å². The van der Waals surface area contributed by atoms with Crippen LogP contribution in [0.3, 0.4) is 0 Å². The van der Waals surface area contributed by atoms with Crippen LogP contribution in [0.1, 0.15) is 13.3 Å². The summed E-state index contributed by atoms with van der Waals surface area (Å²) in [6, 6.07) is 5.56. The lowest BCUT2D eigenvalue weighted by Crippen LogP contribution is -2.27. The summed E-state index contributed by atoms with van der Waals surface area (Å²) in [5, 5.41) is 2.58. The molecule has 1 atom stereocenters. The van der Waals surface area contributed by atoms with Crippen LogP contribution in [0.25, 0.3) is 0 Å². The first kappa shape index (κ1) is 14.4. The van der Waals surface area contributed by atoms with Crippen LogP contribution in [-0.2, 0) is 4.74 Å². The van der Waals surface area contributed by atoms with E-state index in [0.29, 0.717) is 18.8 Å². The fourth-order valence-electron chi connectivity index (χ4n) is 2.06. The number of benzene rings is 1. The number of hydrogen-bond acceptors (Lipinski definition) is 3. The van der Waals surface area contributed by atoms with Crippen molar-refractivity contribution >= 4 is 11.8 Å². The predicted molar refractivity (Wildman–Crippen MR) is 74.8 cm³/mol. The summed E-state index contributed by atoms with van der Waals surface area (Å²) < 4.78 is 18.1. The highest BCUT2D eigenvalue weighted by Gasteiger charge is 2.24. The van der Waals surface area contributed by atoms with Crippen LogP contribution in [0.4, 0.5) is 14.9 Å². The molecule has 1 saturated heterocycles. The molecule has 0 aliphatic carbocycles. The Morgan fingerprint density at radius 1 is 1.50 bits per heavy atom. The molecule has 1 heterocycles. The van der Waals surface area contributed by atoms with E-state index in [9.17, 15) is 9.18 Å². The SMILES string of the molecule is CC#CCN1CCC(OC(=O)Nc2ccc(F)cc2)C1. The summed E-state index contributed by atoms with van der Waals surface area (Å²) in [5.41, 5.74) is 0.517. The lowest BCUT2D eigenvalue weighted by Gasteiger charge is -2.14. The average molecular weight is 276 g/mol. The van der Waals surface area contributed by atoms with Gasteiger partial charge in [0.15, 0.2) is 0 Å². The number of halogens is 1. The number of amides is 1. The third-order valence-electron chi connectivity index (χ3n) is 3.07. The minimum atomic E-state index is -0.509. The maximum atomic E-state index is 12.7. The fourth-order valence-corrected chi connectivity index (χ4v) is 2.06. The molecule has 1 unspecified atom stereocenters. The number of rotatable bonds is 3. The van der Waals surface area contributed by atoms with Gasteiger partial charge in [0.2, 0.25) is 0 Å². The van der Waals surface area contributed by atoms with Gasteiger partial charge in [-0.1, -0.05) is 5.92 Å². The first-order valence-corrected chi connectivity index (χ1v) is 6.52. The van der Waals surface area contributed by atoms with Crippen molar-refractivity contribution in [1.29, 1.82) is 0 Å². The lowest BCUT2D eigenvalue weighted by atomic mass is 10.3. The molecule has 2 rings (SSSR count). The normalized spacial score (nSPS) is 18.2. The topological polar surface area (TPSA) is 41.6 Å². The van der Waals surface area contributed by atoms with Gasteiger partial charge in [0.05, 0.1) is 6.54 Å². The highest BCUT2D eigenvalue weighted by molar-refractivity contribution is 5.84. The molecule has 1 aromatic rings. The minimum absolute atomic E-state index is 0.117. The second kappa shape index (κ2) is 6.92. The van der Waals surface area contributed by atoms with Gasteiger partial charge in [-0.3, -0.25) is 10.2 Å². The Morgan fingerprint density at radius 2 is 2.25 bits per heavy atom. The first-order valence-electron chi connectivity index (χ1n) is 6.52. The Balaban J connectivity index is 1.77. The molecular weight excluding hydrogens is 259 g/mol. The third-order valence-corrected chi connectivity index (χ3v) is 3.07.